The average molecular weight is 216 g/mol. The van der Waals surface area contributed by atoms with Crippen LogP contribution in [-0.4, -0.2) is 15.9 Å². The van der Waals surface area contributed by atoms with E-state index in [1.54, 1.807) is 24.5 Å². The molecule has 0 aliphatic heterocycles. The quantitative estimate of drug-likeness (QED) is 0.666. The number of amides is 1. The van der Waals surface area contributed by atoms with Crippen LogP contribution < -0.4 is 11.1 Å². The molecule has 1 amide bonds. The first-order valence-electron chi connectivity index (χ1n) is 4.83. The smallest absolute Gasteiger partial charge is 0.258 e. The van der Waals surface area contributed by atoms with Crippen molar-refractivity contribution in [2.24, 2.45) is 0 Å². The lowest BCUT2D eigenvalue weighted by Crippen LogP contribution is -2.13. The fraction of sp³-hybridized carbons (Fsp3) is 0.0909. The number of carbonyl (C=O) groups excluding carboxylic acids is 1. The monoisotopic (exact) mass is 216 g/mol. The SMILES string of the molecule is Cc1ccc(C(=O)Nc2ncc[nH]2)cc1N. The fourth-order valence-electron chi connectivity index (χ4n) is 1.30. The third-order valence-electron chi connectivity index (χ3n) is 2.27. The Balaban J connectivity index is 2.18. The lowest BCUT2D eigenvalue weighted by molar-refractivity contribution is 0.102. The van der Waals surface area contributed by atoms with Crippen molar-refractivity contribution < 1.29 is 4.79 Å². The van der Waals surface area contributed by atoms with Crippen LogP contribution in [0.4, 0.5) is 11.6 Å². The summed E-state index contributed by atoms with van der Waals surface area (Å²) >= 11 is 0. The summed E-state index contributed by atoms with van der Waals surface area (Å²) in [6, 6.07) is 5.18. The zero-order valence-corrected chi connectivity index (χ0v) is 8.82. The molecule has 0 unspecified atom stereocenters. The van der Waals surface area contributed by atoms with E-state index in [4.69, 9.17) is 5.73 Å². The van der Waals surface area contributed by atoms with Gasteiger partial charge in [0.05, 0.1) is 0 Å². The number of imidazole rings is 1. The molecule has 5 heteroatoms. The van der Waals surface area contributed by atoms with Gasteiger partial charge < -0.3 is 10.7 Å². The second kappa shape index (κ2) is 4.06. The number of nitrogens with one attached hydrogen (secondary N) is 2. The van der Waals surface area contributed by atoms with Crippen LogP contribution >= 0.6 is 0 Å². The van der Waals surface area contributed by atoms with Crippen LogP contribution in [0, 0.1) is 6.92 Å². The molecule has 0 aliphatic carbocycles. The Hall–Kier alpha value is -2.30. The summed E-state index contributed by atoms with van der Waals surface area (Å²) in [6.45, 7) is 1.89. The zero-order valence-electron chi connectivity index (χ0n) is 8.82. The molecule has 0 saturated heterocycles. The highest BCUT2D eigenvalue weighted by Gasteiger charge is 2.07. The molecule has 4 N–H and O–H groups in total. The van der Waals surface area contributed by atoms with Crippen molar-refractivity contribution in [2.45, 2.75) is 6.92 Å². The molecule has 0 spiro atoms. The van der Waals surface area contributed by atoms with Crippen molar-refractivity contribution in [3.05, 3.63) is 41.7 Å². The molecular formula is C11H12N4O. The maximum absolute atomic E-state index is 11.7. The minimum atomic E-state index is -0.235. The second-order valence-corrected chi connectivity index (χ2v) is 3.46. The molecule has 2 aromatic rings. The first kappa shape index (κ1) is 10.2. The zero-order chi connectivity index (χ0) is 11.5. The van der Waals surface area contributed by atoms with Gasteiger partial charge in [-0.25, -0.2) is 4.98 Å². The number of rotatable bonds is 2. The van der Waals surface area contributed by atoms with E-state index in [1.165, 1.54) is 0 Å². The summed E-state index contributed by atoms with van der Waals surface area (Å²) < 4.78 is 0. The number of nitrogen functional groups attached to an aromatic ring is 1. The van der Waals surface area contributed by atoms with E-state index in [1.807, 2.05) is 13.0 Å². The van der Waals surface area contributed by atoms with E-state index in [9.17, 15) is 4.79 Å². The van der Waals surface area contributed by atoms with Crippen LogP contribution in [0.15, 0.2) is 30.6 Å². The van der Waals surface area contributed by atoms with Crippen molar-refractivity contribution in [1.82, 2.24) is 9.97 Å². The van der Waals surface area contributed by atoms with Crippen molar-refractivity contribution in [3.63, 3.8) is 0 Å². The predicted octanol–water partition coefficient (Wildman–Crippen LogP) is 1.55. The Morgan fingerprint density at radius 2 is 2.31 bits per heavy atom. The van der Waals surface area contributed by atoms with Crippen molar-refractivity contribution in [1.29, 1.82) is 0 Å². The normalized spacial score (nSPS) is 10.1. The van der Waals surface area contributed by atoms with Gasteiger partial charge in [0.2, 0.25) is 5.95 Å². The highest BCUT2D eigenvalue weighted by atomic mass is 16.1. The number of aryl methyl sites for hydroxylation is 1. The highest BCUT2D eigenvalue weighted by Crippen LogP contribution is 2.13. The Morgan fingerprint density at radius 1 is 1.50 bits per heavy atom. The van der Waals surface area contributed by atoms with Gasteiger partial charge in [0.25, 0.3) is 5.91 Å². The van der Waals surface area contributed by atoms with Crippen LogP contribution in [0.5, 0.6) is 0 Å². The standard InChI is InChI=1S/C11H12N4O/c1-7-2-3-8(6-9(7)12)10(16)15-11-13-4-5-14-11/h2-6H,12H2,1H3,(H2,13,14,15,16). The topological polar surface area (TPSA) is 83.8 Å². The van der Waals surface area contributed by atoms with Gasteiger partial charge in [-0.2, -0.15) is 0 Å². The molecule has 5 nitrogen and oxygen atoms in total. The van der Waals surface area contributed by atoms with Crippen molar-refractivity contribution in [3.8, 4) is 0 Å². The molecule has 82 valence electrons. The molecule has 2 rings (SSSR count). The maximum Gasteiger partial charge on any atom is 0.258 e. The van der Waals surface area contributed by atoms with E-state index in [2.05, 4.69) is 15.3 Å². The molecule has 1 heterocycles. The molecule has 1 aromatic carbocycles. The van der Waals surface area contributed by atoms with Gasteiger partial charge in [-0.1, -0.05) is 6.07 Å². The molecule has 0 atom stereocenters. The van der Waals surface area contributed by atoms with Crippen LogP contribution in [0.1, 0.15) is 15.9 Å². The van der Waals surface area contributed by atoms with E-state index in [0.717, 1.165) is 5.56 Å². The van der Waals surface area contributed by atoms with Gasteiger partial charge >= 0.3 is 0 Å². The Kier molecular flexibility index (Phi) is 2.59. The number of H-pyrrole nitrogens is 1. The number of nitrogens with two attached hydrogens (primary N) is 1. The van der Waals surface area contributed by atoms with Gasteiger partial charge in [-0.05, 0) is 24.6 Å². The minimum absolute atomic E-state index is 0.235. The Bertz CT molecular complexity index is 505. The summed E-state index contributed by atoms with van der Waals surface area (Å²) in [7, 11) is 0. The second-order valence-electron chi connectivity index (χ2n) is 3.46. The largest absolute Gasteiger partial charge is 0.398 e. The molecule has 0 saturated carbocycles. The van der Waals surface area contributed by atoms with E-state index in [-0.39, 0.29) is 5.91 Å². The third-order valence-corrected chi connectivity index (χ3v) is 2.27. The number of aromatic amines is 1. The molecule has 0 aliphatic rings. The van der Waals surface area contributed by atoms with E-state index < -0.39 is 0 Å². The molecule has 16 heavy (non-hydrogen) atoms. The lowest BCUT2D eigenvalue weighted by atomic mass is 10.1. The van der Waals surface area contributed by atoms with E-state index in [0.29, 0.717) is 17.2 Å². The van der Waals surface area contributed by atoms with Crippen LogP contribution in [-0.2, 0) is 0 Å². The number of anilines is 2. The molecule has 1 aromatic heterocycles. The number of carbonyl (C=O) groups is 1. The lowest BCUT2D eigenvalue weighted by Gasteiger charge is -2.04. The first-order valence-corrected chi connectivity index (χ1v) is 4.83. The molecular weight excluding hydrogens is 204 g/mol. The summed E-state index contributed by atoms with van der Waals surface area (Å²) in [6.07, 6.45) is 3.21. The number of aromatic nitrogens is 2. The average Bonchev–Trinajstić information content (AvgIpc) is 2.74. The Morgan fingerprint density at radius 3 is 2.94 bits per heavy atom. The Labute approximate surface area is 92.7 Å². The number of nitrogens with zero attached hydrogens (tertiary/aromatic N) is 1. The van der Waals surface area contributed by atoms with Crippen molar-refractivity contribution in [2.75, 3.05) is 11.1 Å². The molecule has 0 bridgehead atoms. The number of hydrogen-bond acceptors (Lipinski definition) is 3. The summed E-state index contributed by atoms with van der Waals surface area (Å²) in [5, 5.41) is 2.62. The maximum atomic E-state index is 11.7. The van der Waals surface area contributed by atoms with Crippen LogP contribution in [0.25, 0.3) is 0 Å². The predicted molar refractivity (Wildman–Crippen MR) is 62.1 cm³/mol. The first-order chi connectivity index (χ1) is 7.66. The number of benzene rings is 1. The number of hydrogen-bond donors (Lipinski definition) is 3. The summed E-state index contributed by atoms with van der Waals surface area (Å²) in [5.74, 6) is 0.186. The summed E-state index contributed by atoms with van der Waals surface area (Å²) in [4.78, 5) is 18.4. The highest BCUT2D eigenvalue weighted by molar-refractivity contribution is 6.03. The van der Waals surface area contributed by atoms with Crippen LogP contribution in [0.2, 0.25) is 0 Å². The minimum Gasteiger partial charge on any atom is -0.398 e. The van der Waals surface area contributed by atoms with Gasteiger partial charge in [-0.15, -0.1) is 0 Å². The van der Waals surface area contributed by atoms with Gasteiger partial charge in [0.15, 0.2) is 0 Å². The fourth-order valence-corrected chi connectivity index (χ4v) is 1.30. The summed E-state index contributed by atoms with van der Waals surface area (Å²) in [5.41, 5.74) is 7.80. The van der Waals surface area contributed by atoms with Gasteiger partial charge in [-0.3, -0.25) is 10.1 Å². The third kappa shape index (κ3) is 2.03. The van der Waals surface area contributed by atoms with Gasteiger partial charge in [0.1, 0.15) is 0 Å². The van der Waals surface area contributed by atoms with Crippen LogP contribution in [0.3, 0.4) is 0 Å². The van der Waals surface area contributed by atoms with E-state index >= 15 is 0 Å². The van der Waals surface area contributed by atoms with Crippen molar-refractivity contribution >= 4 is 17.5 Å². The molecule has 0 radical (unpaired) electrons. The molecule has 0 fully saturated rings. The van der Waals surface area contributed by atoms with Gasteiger partial charge in [0, 0.05) is 23.6 Å².